The van der Waals surface area contributed by atoms with Crippen molar-refractivity contribution in [2.75, 3.05) is 0 Å². The van der Waals surface area contributed by atoms with Gasteiger partial charge in [-0.25, -0.2) is 0 Å². The Labute approximate surface area is 69.2 Å². The van der Waals surface area contributed by atoms with E-state index in [1.54, 1.807) is 0 Å². The van der Waals surface area contributed by atoms with Gasteiger partial charge in [-0.3, -0.25) is 4.79 Å². The third-order valence-electron chi connectivity index (χ3n) is 1.66. The molecule has 2 nitrogen and oxygen atoms in total. The minimum absolute atomic E-state index is 0.0729. The van der Waals surface area contributed by atoms with Crippen LogP contribution in [0.4, 0.5) is 0 Å². The first-order valence-electron chi connectivity index (χ1n) is 4.24. The predicted octanol–water partition coefficient (Wildman–Crippen LogP) is 1.58. The molecule has 0 spiro atoms. The normalized spacial score (nSPS) is 14.1. The van der Waals surface area contributed by atoms with Crippen molar-refractivity contribution in [3.8, 4) is 0 Å². The molecule has 11 heavy (non-hydrogen) atoms. The van der Waals surface area contributed by atoms with Crippen LogP contribution in [-0.2, 0) is 4.79 Å². The quantitative estimate of drug-likeness (QED) is 0.501. The molecular formula is C9H19NO. The summed E-state index contributed by atoms with van der Waals surface area (Å²) in [5.41, 5.74) is 5.67. The van der Waals surface area contributed by atoms with Gasteiger partial charge in [0.1, 0.15) is 0 Å². The molecular weight excluding hydrogens is 141 g/mol. The summed E-state index contributed by atoms with van der Waals surface area (Å²) in [4.78, 5) is 11.3. The van der Waals surface area contributed by atoms with Gasteiger partial charge >= 0.3 is 0 Å². The van der Waals surface area contributed by atoms with Crippen molar-refractivity contribution in [2.45, 2.75) is 40.2 Å². The minimum Gasteiger partial charge on any atom is -0.321 e. The highest BCUT2D eigenvalue weighted by Gasteiger charge is 2.17. The van der Waals surface area contributed by atoms with Crippen LogP contribution in [0.15, 0.2) is 0 Å². The third-order valence-corrected chi connectivity index (χ3v) is 1.66. The Balaban J connectivity index is 3.83. The van der Waals surface area contributed by atoms with Gasteiger partial charge in [-0.1, -0.05) is 27.7 Å². The maximum absolute atomic E-state index is 11.3. The molecule has 0 amide bonds. The number of carbonyl (C=O) groups is 1. The topological polar surface area (TPSA) is 43.1 Å². The van der Waals surface area contributed by atoms with Crippen LogP contribution in [0.2, 0.25) is 0 Å². The summed E-state index contributed by atoms with van der Waals surface area (Å²) >= 11 is 0. The lowest BCUT2D eigenvalue weighted by Gasteiger charge is -2.14. The zero-order valence-electron chi connectivity index (χ0n) is 7.92. The molecule has 0 fully saturated rings. The van der Waals surface area contributed by atoms with Crippen LogP contribution in [-0.4, -0.2) is 11.8 Å². The van der Waals surface area contributed by atoms with E-state index in [1.165, 1.54) is 0 Å². The minimum atomic E-state index is -0.255. The van der Waals surface area contributed by atoms with Crippen molar-refractivity contribution in [2.24, 2.45) is 17.6 Å². The second kappa shape index (κ2) is 4.50. The van der Waals surface area contributed by atoms with E-state index in [0.717, 1.165) is 6.42 Å². The second-order valence-corrected chi connectivity index (χ2v) is 3.79. The Morgan fingerprint density at radius 3 is 2.00 bits per heavy atom. The predicted molar refractivity (Wildman–Crippen MR) is 47.3 cm³/mol. The van der Waals surface area contributed by atoms with E-state index in [0.29, 0.717) is 5.92 Å². The molecule has 0 aliphatic rings. The molecule has 0 radical (unpaired) electrons. The van der Waals surface area contributed by atoms with Gasteiger partial charge in [0.05, 0.1) is 6.04 Å². The van der Waals surface area contributed by atoms with Crippen molar-refractivity contribution in [3.05, 3.63) is 0 Å². The Bertz CT molecular complexity index is 130. The Morgan fingerprint density at radius 1 is 1.27 bits per heavy atom. The maximum Gasteiger partial charge on any atom is 0.152 e. The highest BCUT2D eigenvalue weighted by molar-refractivity contribution is 5.85. The first-order valence-corrected chi connectivity index (χ1v) is 4.24. The number of carbonyl (C=O) groups excluding carboxylic acids is 1. The zero-order valence-corrected chi connectivity index (χ0v) is 7.92. The molecule has 1 atom stereocenters. The highest BCUT2D eigenvalue weighted by Crippen LogP contribution is 2.07. The molecule has 1 unspecified atom stereocenters. The molecule has 0 aliphatic carbocycles. The molecule has 0 rings (SSSR count). The summed E-state index contributed by atoms with van der Waals surface area (Å²) in [6.45, 7) is 7.94. The van der Waals surface area contributed by atoms with Gasteiger partial charge in [0.25, 0.3) is 0 Å². The molecule has 2 N–H and O–H groups in total. The number of ketones is 1. The fourth-order valence-corrected chi connectivity index (χ4v) is 1.05. The molecule has 2 heteroatoms. The van der Waals surface area contributed by atoms with Crippen LogP contribution >= 0.6 is 0 Å². The number of nitrogens with two attached hydrogens (primary N) is 1. The Kier molecular flexibility index (Phi) is 4.34. The van der Waals surface area contributed by atoms with E-state index < -0.39 is 0 Å². The number of rotatable bonds is 4. The highest BCUT2D eigenvalue weighted by atomic mass is 18.1. The molecule has 0 saturated heterocycles. The van der Waals surface area contributed by atoms with E-state index in [-0.39, 0.29) is 17.7 Å². The molecule has 66 valence electrons. The standard InChI is InChI=1S/C9H19NO/c1-6(2)5-8(10)9(11)7(3)4/h6-8H,5,10H2,1-4H3/i10+1,11+2. The van der Waals surface area contributed by atoms with E-state index in [1.807, 2.05) is 13.8 Å². The van der Waals surface area contributed by atoms with Crippen molar-refractivity contribution in [1.82, 2.24) is 0 Å². The summed E-state index contributed by atoms with van der Waals surface area (Å²) in [5, 5.41) is 0. The SMILES string of the molecule is CC(C)CC([15NH2])C(=[18O])C(C)C. The molecule has 0 saturated carbocycles. The van der Waals surface area contributed by atoms with Gasteiger partial charge in [0, 0.05) is 5.92 Å². The van der Waals surface area contributed by atoms with Gasteiger partial charge in [-0.2, -0.15) is 0 Å². The lowest BCUT2D eigenvalue weighted by atomic mass is 9.96. The van der Waals surface area contributed by atoms with Crippen LogP contribution in [0.1, 0.15) is 34.1 Å². The lowest BCUT2D eigenvalue weighted by Crippen LogP contribution is -2.34. The van der Waals surface area contributed by atoms with E-state index in [2.05, 4.69) is 13.8 Å². The van der Waals surface area contributed by atoms with Crippen LogP contribution in [0, 0.1) is 11.8 Å². The van der Waals surface area contributed by atoms with Crippen molar-refractivity contribution >= 4 is 5.78 Å². The fraction of sp³-hybridized carbons (Fsp3) is 0.889. The maximum atomic E-state index is 11.3. The fourth-order valence-electron chi connectivity index (χ4n) is 1.05. The molecule has 0 aliphatic heterocycles. The van der Waals surface area contributed by atoms with Crippen LogP contribution in [0.25, 0.3) is 0 Å². The van der Waals surface area contributed by atoms with Gasteiger partial charge in [-0.15, -0.1) is 0 Å². The van der Waals surface area contributed by atoms with Gasteiger partial charge in [0.2, 0.25) is 0 Å². The summed E-state index contributed by atoms with van der Waals surface area (Å²) in [5.74, 6) is 0.759. The van der Waals surface area contributed by atoms with Crippen LogP contribution < -0.4 is 5.73 Å². The number of Topliss-reactive ketones (excluding diaryl/α,β-unsaturated/α-hetero) is 1. The molecule has 0 bridgehead atoms. The number of hydrogen-bond acceptors (Lipinski definition) is 2. The van der Waals surface area contributed by atoms with E-state index >= 15 is 0 Å². The van der Waals surface area contributed by atoms with E-state index in [9.17, 15) is 4.79 Å². The first-order chi connectivity index (χ1) is 4.95. The average Bonchev–Trinajstić information content (AvgIpc) is 1.84. The van der Waals surface area contributed by atoms with Crippen molar-refractivity contribution in [3.63, 3.8) is 0 Å². The average molecular weight is 160 g/mol. The van der Waals surface area contributed by atoms with Crippen LogP contribution in [0.5, 0.6) is 0 Å². The Hall–Kier alpha value is -0.370. The summed E-state index contributed by atoms with van der Waals surface area (Å²) in [6.07, 6.45) is 0.803. The molecule has 0 heterocycles. The summed E-state index contributed by atoms with van der Waals surface area (Å²) in [7, 11) is 0. The van der Waals surface area contributed by atoms with Crippen LogP contribution in [0.3, 0.4) is 0 Å². The van der Waals surface area contributed by atoms with Gasteiger partial charge in [-0.05, 0) is 12.3 Å². The molecule has 0 aromatic heterocycles. The summed E-state index contributed by atoms with van der Waals surface area (Å²) in [6, 6.07) is -0.255. The lowest BCUT2D eigenvalue weighted by molar-refractivity contribution is -0.123. The number of hydrogen-bond donors (Lipinski definition) is 1. The molecule has 0 aromatic rings. The van der Waals surface area contributed by atoms with Gasteiger partial charge < -0.3 is 5.73 Å². The Morgan fingerprint density at radius 2 is 1.73 bits per heavy atom. The smallest absolute Gasteiger partial charge is 0.152 e. The van der Waals surface area contributed by atoms with Gasteiger partial charge in [0.15, 0.2) is 5.78 Å². The summed E-state index contributed by atoms with van der Waals surface area (Å²) < 4.78 is 0. The third kappa shape index (κ3) is 4.14. The zero-order chi connectivity index (χ0) is 9.02. The monoisotopic (exact) mass is 160 g/mol. The first kappa shape index (κ1) is 10.6. The molecule has 0 aromatic carbocycles. The van der Waals surface area contributed by atoms with E-state index in [4.69, 9.17) is 5.73 Å². The van der Waals surface area contributed by atoms with Crippen molar-refractivity contribution in [1.29, 1.82) is 0 Å². The second-order valence-electron chi connectivity index (χ2n) is 3.79. The largest absolute Gasteiger partial charge is 0.321 e. The van der Waals surface area contributed by atoms with Crippen molar-refractivity contribution < 1.29 is 4.79 Å².